The van der Waals surface area contributed by atoms with E-state index in [1.54, 1.807) is 0 Å². The second-order valence-corrected chi connectivity index (χ2v) is 8.46. The first-order valence-corrected chi connectivity index (χ1v) is 12.3. The summed E-state index contributed by atoms with van der Waals surface area (Å²) in [4.78, 5) is 17.9. The standard InChI is InChI=1S/C30H26BrNO2/c1-34-30(33)28(32-29(22-12-4-2-5-13-22)23-14-6-3-7-15-23)20-24-16-8-10-18-26(24)27-19-11-9-17-25(27)21-31/h2-19,28H,20-21H2,1H3/t28-/m0/s1. The highest BCUT2D eigenvalue weighted by molar-refractivity contribution is 9.08. The van der Waals surface area contributed by atoms with Crippen LogP contribution in [0.4, 0.5) is 0 Å². The van der Waals surface area contributed by atoms with Crippen LogP contribution < -0.4 is 0 Å². The highest BCUT2D eigenvalue weighted by atomic mass is 79.9. The molecule has 4 aromatic carbocycles. The Morgan fingerprint density at radius 2 is 1.21 bits per heavy atom. The van der Waals surface area contributed by atoms with Crippen LogP contribution in [0.2, 0.25) is 0 Å². The van der Waals surface area contributed by atoms with Crippen molar-refractivity contribution in [3.05, 3.63) is 131 Å². The fourth-order valence-corrected chi connectivity index (χ4v) is 4.54. The molecular weight excluding hydrogens is 486 g/mol. The summed E-state index contributed by atoms with van der Waals surface area (Å²) in [6.07, 6.45) is 0.433. The summed E-state index contributed by atoms with van der Waals surface area (Å²) in [6, 6.07) is 35.7. The maximum Gasteiger partial charge on any atom is 0.330 e. The Bertz CT molecular complexity index is 1230. The second-order valence-electron chi connectivity index (χ2n) is 7.90. The van der Waals surface area contributed by atoms with Crippen LogP contribution in [-0.4, -0.2) is 24.8 Å². The SMILES string of the molecule is COC(=O)[C@H](Cc1ccccc1-c1ccccc1CBr)N=C(c1ccccc1)c1ccccc1. The van der Waals surface area contributed by atoms with E-state index in [2.05, 4.69) is 40.2 Å². The molecule has 0 saturated carbocycles. The van der Waals surface area contributed by atoms with E-state index in [-0.39, 0.29) is 5.97 Å². The number of esters is 1. The number of methoxy groups -OCH3 is 1. The van der Waals surface area contributed by atoms with E-state index in [0.717, 1.165) is 38.9 Å². The Morgan fingerprint density at radius 3 is 1.74 bits per heavy atom. The minimum Gasteiger partial charge on any atom is -0.467 e. The lowest BCUT2D eigenvalue weighted by atomic mass is 9.92. The first-order chi connectivity index (χ1) is 16.7. The minimum absolute atomic E-state index is 0.354. The molecule has 1 atom stereocenters. The second kappa shape index (κ2) is 11.6. The molecule has 0 saturated heterocycles. The Hall–Kier alpha value is -3.50. The van der Waals surface area contributed by atoms with Crippen molar-refractivity contribution in [2.75, 3.05) is 7.11 Å². The highest BCUT2D eigenvalue weighted by Gasteiger charge is 2.23. The van der Waals surface area contributed by atoms with Crippen LogP contribution in [0, 0.1) is 0 Å². The van der Waals surface area contributed by atoms with Crippen LogP contribution in [0.25, 0.3) is 11.1 Å². The maximum absolute atomic E-state index is 12.9. The number of nitrogens with zero attached hydrogens (tertiary/aromatic N) is 1. The van der Waals surface area contributed by atoms with E-state index in [4.69, 9.17) is 9.73 Å². The lowest BCUT2D eigenvalue weighted by Gasteiger charge is -2.17. The monoisotopic (exact) mass is 511 g/mol. The third kappa shape index (κ3) is 5.52. The number of rotatable bonds is 8. The predicted octanol–water partition coefficient (Wildman–Crippen LogP) is 6.87. The molecule has 0 aliphatic rings. The van der Waals surface area contributed by atoms with Gasteiger partial charge in [-0.15, -0.1) is 0 Å². The first kappa shape index (κ1) is 23.7. The molecule has 3 nitrogen and oxygen atoms in total. The molecule has 0 heterocycles. The van der Waals surface area contributed by atoms with Gasteiger partial charge in [-0.05, 0) is 22.3 Å². The van der Waals surface area contributed by atoms with Crippen molar-refractivity contribution in [2.24, 2.45) is 4.99 Å². The van der Waals surface area contributed by atoms with Gasteiger partial charge in [0.1, 0.15) is 0 Å². The summed E-state index contributed by atoms with van der Waals surface area (Å²) in [5, 5.41) is 0.752. The lowest BCUT2D eigenvalue weighted by molar-refractivity contribution is -0.142. The number of hydrogen-bond acceptors (Lipinski definition) is 3. The quantitative estimate of drug-likeness (QED) is 0.147. The summed E-state index contributed by atoms with van der Waals surface area (Å²) in [6.45, 7) is 0. The van der Waals surface area contributed by atoms with E-state index >= 15 is 0 Å². The summed E-state index contributed by atoms with van der Waals surface area (Å²) in [5.41, 5.74) is 7.19. The summed E-state index contributed by atoms with van der Waals surface area (Å²) in [5.74, 6) is -0.354. The molecule has 0 aromatic heterocycles. The van der Waals surface area contributed by atoms with Gasteiger partial charge >= 0.3 is 5.97 Å². The van der Waals surface area contributed by atoms with E-state index in [0.29, 0.717) is 6.42 Å². The van der Waals surface area contributed by atoms with Gasteiger partial charge in [-0.25, -0.2) is 4.79 Å². The molecule has 4 aromatic rings. The van der Waals surface area contributed by atoms with Gasteiger partial charge in [-0.3, -0.25) is 4.99 Å². The number of carbonyl (C=O) groups is 1. The molecule has 170 valence electrons. The molecule has 0 fully saturated rings. The smallest absolute Gasteiger partial charge is 0.330 e. The van der Waals surface area contributed by atoms with Crippen molar-refractivity contribution >= 4 is 27.6 Å². The molecule has 0 aliphatic carbocycles. The van der Waals surface area contributed by atoms with Crippen LogP contribution in [0.5, 0.6) is 0 Å². The highest BCUT2D eigenvalue weighted by Crippen LogP contribution is 2.30. The van der Waals surface area contributed by atoms with Gasteiger partial charge in [0.15, 0.2) is 6.04 Å². The van der Waals surface area contributed by atoms with E-state index in [1.807, 2.05) is 84.9 Å². The molecule has 0 bridgehead atoms. The van der Waals surface area contributed by atoms with Gasteiger partial charge in [-0.2, -0.15) is 0 Å². The first-order valence-electron chi connectivity index (χ1n) is 11.2. The van der Waals surface area contributed by atoms with Gasteiger partial charge in [-0.1, -0.05) is 125 Å². The number of hydrogen-bond donors (Lipinski definition) is 0. The zero-order valence-corrected chi connectivity index (χ0v) is 20.6. The van der Waals surface area contributed by atoms with Gasteiger partial charge in [0.2, 0.25) is 0 Å². The number of halogens is 1. The molecule has 0 unspecified atom stereocenters. The number of aliphatic imine (C=N–C) groups is 1. The number of carbonyl (C=O) groups excluding carboxylic acids is 1. The molecule has 34 heavy (non-hydrogen) atoms. The minimum atomic E-state index is -0.683. The van der Waals surface area contributed by atoms with E-state index < -0.39 is 6.04 Å². The number of ether oxygens (including phenoxy) is 1. The van der Waals surface area contributed by atoms with Crippen molar-refractivity contribution in [3.63, 3.8) is 0 Å². The molecule has 0 radical (unpaired) electrons. The topological polar surface area (TPSA) is 38.7 Å². The number of alkyl halides is 1. The zero-order valence-electron chi connectivity index (χ0n) is 19.0. The van der Waals surface area contributed by atoms with Crippen LogP contribution in [0.1, 0.15) is 22.3 Å². The maximum atomic E-state index is 12.9. The van der Waals surface area contributed by atoms with Crippen molar-refractivity contribution < 1.29 is 9.53 Å². The molecule has 0 N–H and O–H groups in total. The van der Waals surface area contributed by atoms with Crippen molar-refractivity contribution in [1.82, 2.24) is 0 Å². The molecule has 0 aliphatic heterocycles. The largest absolute Gasteiger partial charge is 0.467 e. The van der Waals surface area contributed by atoms with Crippen molar-refractivity contribution in [2.45, 2.75) is 17.8 Å². The third-order valence-electron chi connectivity index (χ3n) is 5.73. The fourth-order valence-electron chi connectivity index (χ4n) is 4.05. The summed E-state index contributed by atoms with van der Waals surface area (Å²) >= 11 is 3.60. The molecule has 0 spiro atoms. The van der Waals surface area contributed by atoms with Crippen LogP contribution >= 0.6 is 15.9 Å². The Balaban J connectivity index is 1.80. The molecule has 4 rings (SSSR count). The number of benzene rings is 4. The average Bonchev–Trinajstić information content (AvgIpc) is 2.91. The van der Waals surface area contributed by atoms with Gasteiger partial charge in [0.25, 0.3) is 0 Å². The zero-order chi connectivity index (χ0) is 23.8. The molecular formula is C30H26BrNO2. The normalized spacial score (nSPS) is 11.5. The Kier molecular flexibility index (Phi) is 8.05. The van der Waals surface area contributed by atoms with E-state index in [9.17, 15) is 4.79 Å². The van der Waals surface area contributed by atoms with Crippen LogP contribution in [0.3, 0.4) is 0 Å². The fraction of sp³-hybridized carbons (Fsp3) is 0.133. The van der Waals surface area contributed by atoms with Crippen LogP contribution in [-0.2, 0) is 21.3 Å². The van der Waals surface area contributed by atoms with Gasteiger partial charge in [0, 0.05) is 22.9 Å². The Morgan fingerprint density at radius 1 is 0.735 bits per heavy atom. The Labute approximate surface area is 209 Å². The van der Waals surface area contributed by atoms with Gasteiger partial charge in [0.05, 0.1) is 12.8 Å². The lowest BCUT2D eigenvalue weighted by Crippen LogP contribution is -2.25. The third-order valence-corrected chi connectivity index (χ3v) is 6.34. The van der Waals surface area contributed by atoms with E-state index in [1.165, 1.54) is 12.7 Å². The molecule has 0 amide bonds. The molecule has 4 heteroatoms. The van der Waals surface area contributed by atoms with Crippen LogP contribution in [0.15, 0.2) is 114 Å². The van der Waals surface area contributed by atoms with Crippen molar-refractivity contribution in [3.8, 4) is 11.1 Å². The summed E-state index contributed by atoms with van der Waals surface area (Å²) < 4.78 is 5.19. The average molecular weight is 512 g/mol. The van der Waals surface area contributed by atoms with Crippen molar-refractivity contribution in [1.29, 1.82) is 0 Å². The van der Waals surface area contributed by atoms with Gasteiger partial charge < -0.3 is 4.74 Å². The summed E-state index contributed by atoms with van der Waals surface area (Å²) in [7, 11) is 1.42. The predicted molar refractivity (Wildman–Crippen MR) is 143 cm³/mol.